The first-order valence-corrected chi connectivity index (χ1v) is 14.2. The van der Waals surface area contributed by atoms with Crippen molar-refractivity contribution in [3.63, 3.8) is 0 Å². The van der Waals surface area contributed by atoms with Gasteiger partial charge in [-0.05, 0) is 13.5 Å². The van der Waals surface area contributed by atoms with Crippen molar-refractivity contribution in [1.29, 1.82) is 0 Å². The predicted octanol–water partition coefficient (Wildman–Crippen LogP) is -4.90. The number of aliphatic hydroxyl groups is 5. The summed E-state index contributed by atoms with van der Waals surface area (Å²) in [4.78, 5) is 72.5. The molecule has 5 aliphatic rings. The lowest BCUT2D eigenvalue weighted by Gasteiger charge is -2.35. The van der Waals surface area contributed by atoms with Crippen molar-refractivity contribution in [3.05, 3.63) is 0 Å². The number of carbonyl (C=O) groups excluding carboxylic acids is 5. The summed E-state index contributed by atoms with van der Waals surface area (Å²) in [5.41, 5.74) is 0. The Morgan fingerprint density at radius 1 is 0.512 bits per heavy atom. The van der Waals surface area contributed by atoms with E-state index >= 15 is 0 Å². The van der Waals surface area contributed by atoms with E-state index < -0.39 is 84.4 Å². The third-order valence-electron chi connectivity index (χ3n) is 9.11. The van der Waals surface area contributed by atoms with E-state index in [0.29, 0.717) is 12.8 Å². The predicted molar refractivity (Wildman–Crippen MR) is 138 cm³/mol. The quantitative estimate of drug-likeness (QED) is 0.195. The van der Waals surface area contributed by atoms with Crippen molar-refractivity contribution in [2.24, 2.45) is 0 Å². The van der Waals surface area contributed by atoms with Crippen molar-refractivity contribution >= 4 is 29.9 Å². The molecule has 4 amide bonds. The van der Waals surface area contributed by atoms with Crippen LogP contribution in [0.25, 0.3) is 0 Å². The first-order valence-electron chi connectivity index (χ1n) is 14.2. The Morgan fingerprint density at radius 2 is 0.829 bits per heavy atom. The summed E-state index contributed by atoms with van der Waals surface area (Å²) < 4.78 is 0. The van der Waals surface area contributed by atoms with Crippen LogP contribution in [0, 0.1) is 0 Å². The molecule has 41 heavy (non-hydrogen) atoms. The number of aldehydes is 1. The lowest BCUT2D eigenvalue weighted by molar-refractivity contribution is -0.152. The fourth-order valence-corrected chi connectivity index (χ4v) is 7.13. The van der Waals surface area contributed by atoms with Crippen molar-refractivity contribution in [1.82, 2.24) is 24.5 Å². The van der Waals surface area contributed by atoms with Gasteiger partial charge >= 0.3 is 0 Å². The molecule has 5 heterocycles. The van der Waals surface area contributed by atoms with Crippen LogP contribution in [0.3, 0.4) is 0 Å². The molecule has 5 aliphatic heterocycles. The molecule has 228 valence electrons. The van der Waals surface area contributed by atoms with Crippen LogP contribution < -0.4 is 0 Å². The van der Waals surface area contributed by atoms with Gasteiger partial charge in [-0.1, -0.05) is 0 Å². The van der Waals surface area contributed by atoms with Gasteiger partial charge in [0.15, 0.2) is 0 Å². The van der Waals surface area contributed by atoms with Gasteiger partial charge in [0.1, 0.15) is 24.4 Å². The van der Waals surface area contributed by atoms with Crippen molar-refractivity contribution in [2.75, 3.05) is 39.8 Å². The average molecular weight is 582 g/mol. The van der Waals surface area contributed by atoms with E-state index in [-0.39, 0.29) is 58.3 Å². The zero-order chi connectivity index (χ0) is 29.7. The standard InChI is InChI=1S/C26H39N5O10/c1-27-7-15(34)3-19(27)23(38)29-9-17(36)5-21(29)25(40)31-11-18(37)6-22(31)26(41)30-10-16(35)4-20(30)24(39)28-8-14(33)2-13(28)12-32/h12-22,33-37H,2-11H2,1H3. The Hall–Kier alpha value is -2.69. The van der Waals surface area contributed by atoms with E-state index in [0.717, 1.165) is 0 Å². The van der Waals surface area contributed by atoms with Crippen molar-refractivity contribution in [2.45, 2.75) is 92.8 Å². The molecule has 0 spiro atoms. The van der Waals surface area contributed by atoms with Gasteiger partial charge < -0.3 is 49.9 Å². The van der Waals surface area contributed by atoms with Crippen LogP contribution in [0.15, 0.2) is 0 Å². The number of carbonyl (C=O) groups is 5. The number of hydrogen-bond donors (Lipinski definition) is 5. The van der Waals surface area contributed by atoms with E-state index in [9.17, 15) is 49.5 Å². The van der Waals surface area contributed by atoms with Gasteiger partial charge in [0.2, 0.25) is 23.6 Å². The molecule has 5 rings (SSSR count). The first kappa shape index (κ1) is 29.8. The van der Waals surface area contributed by atoms with Gasteiger partial charge in [-0.3, -0.25) is 24.1 Å². The zero-order valence-corrected chi connectivity index (χ0v) is 22.9. The number of likely N-dealkylation sites (N-methyl/N-ethyl adjacent to an activating group) is 1. The number of hydrogen-bond acceptors (Lipinski definition) is 11. The van der Waals surface area contributed by atoms with Crippen molar-refractivity contribution < 1.29 is 49.5 Å². The summed E-state index contributed by atoms with van der Waals surface area (Å²) in [7, 11) is 1.69. The highest BCUT2D eigenvalue weighted by atomic mass is 16.3. The third-order valence-corrected chi connectivity index (χ3v) is 9.11. The second-order valence-corrected chi connectivity index (χ2v) is 12.1. The molecule has 10 atom stereocenters. The number of nitrogens with zero attached hydrogens (tertiary/aromatic N) is 5. The molecule has 10 unspecified atom stereocenters. The number of amides is 4. The minimum atomic E-state index is -1.17. The lowest BCUT2D eigenvalue weighted by atomic mass is 10.1. The van der Waals surface area contributed by atoms with E-state index in [1.807, 2.05) is 0 Å². The second kappa shape index (κ2) is 11.5. The highest BCUT2D eigenvalue weighted by Gasteiger charge is 2.52. The van der Waals surface area contributed by atoms with E-state index in [4.69, 9.17) is 0 Å². The molecule has 0 bridgehead atoms. The molecule has 15 nitrogen and oxygen atoms in total. The number of β-amino-alcohol motifs (C(OH)–C–C–N with tert-alkyl or cyclic N) is 5. The third kappa shape index (κ3) is 5.58. The van der Waals surface area contributed by atoms with Gasteiger partial charge in [-0.2, -0.15) is 0 Å². The monoisotopic (exact) mass is 581 g/mol. The topological polar surface area (TPSA) is 203 Å². The van der Waals surface area contributed by atoms with Crippen LogP contribution >= 0.6 is 0 Å². The SMILES string of the molecule is CN1CC(O)CC1C(=O)N1CC(O)CC1C(=O)N1CC(O)CC1C(=O)N1CC(O)CC1C(=O)N1CC(O)CC1C=O. The summed E-state index contributed by atoms with van der Waals surface area (Å²) in [5.74, 6) is -2.26. The maximum atomic E-state index is 13.8. The molecule has 0 aliphatic carbocycles. The number of aliphatic hydroxyl groups excluding tert-OH is 5. The average Bonchev–Trinajstić information content (AvgIpc) is 3.73. The Balaban J connectivity index is 1.34. The summed E-state index contributed by atoms with van der Waals surface area (Å²) in [5, 5.41) is 51.3. The fourth-order valence-electron chi connectivity index (χ4n) is 7.13. The Morgan fingerprint density at radius 3 is 1.22 bits per heavy atom. The van der Waals surface area contributed by atoms with Crippen LogP contribution in [0.5, 0.6) is 0 Å². The molecule has 5 N–H and O–H groups in total. The Kier molecular flexibility index (Phi) is 8.38. The molecule has 0 radical (unpaired) electrons. The molecule has 0 saturated carbocycles. The molecule has 0 aromatic carbocycles. The minimum absolute atomic E-state index is 0.0506. The van der Waals surface area contributed by atoms with Crippen LogP contribution in [-0.2, 0) is 24.0 Å². The normalized spacial score (nSPS) is 39.7. The van der Waals surface area contributed by atoms with E-state index in [1.54, 1.807) is 11.9 Å². The van der Waals surface area contributed by atoms with E-state index in [2.05, 4.69) is 0 Å². The number of likely N-dealkylation sites (tertiary alicyclic amines) is 5. The van der Waals surface area contributed by atoms with Crippen LogP contribution in [0.2, 0.25) is 0 Å². The molecular weight excluding hydrogens is 542 g/mol. The van der Waals surface area contributed by atoms with E-state index in [1.165, 1.54) is 19.6 Å². The maximum Gasteiger partial charge on any atom is 0.246 e. The summed E-state index contributed by atoms with van der Waals surface area (Å²) in [6, 6.07) is -4.88. The Bertz CT molecular complexity index is 1080. The summed E-state index contributed by atoms with van der Waals surface area (Å²) >= 11 is 0. The summed E-state index contributed by atoms with van der Waals surface area (Å²) in [6.45, 7) is -0.239. The van der Waals surface area contributed by atoms with Gasteiger partial charge in [0.25, 0.3) is 0 Å². The molecule has 0 aromatic heterocycles. The first-order chi connectivity index (χ1) is 19.4. The highest BCUT2D eigenvalue weighted by molar-refractivity contribution is 5.96. The maximum absolute atomic E-state index is 13.8. The van der Waals surface area contributed by atoms with Gasteiger partial charge in [-0.25, -0.2) is 0 Å². The molecular formula is C26H39N5O10. The largest absolute Gasteiger partial charge is 0.392 e. The lowest BCUT2D eigenvalue weighted by Crippen LogP contribution is -2.57. The fraction of sp³-hybridized carbons (Fsp3) is 0.808. The number of rotatable bonds is 5. The van der Waals surface area contributed by atoms with Crippen LogP contribution in [0.4, 0.5) is 0 Å². The van der Waals surface area contributed by atoms with Gasteiger partial charge in [0.05, 0.1) is 42.6 Å². The molecule has 15 heteroatoms. The Labute approximate surface area is 236 Å². The summed E-state index contributed by atoms with van der Waals surface area (Å²) in [6.07, 6.45) is -4.03. The van der Waals surface area contributed by atoms with Crippen molar-refractivity contribution in [3.8, 4) is 0 Å². The van der Waals surface area contributed by atoms with Crippen LogP contribution in [-0.4, -0.2) is 180 Å². The van der Waals surface area contributed by atoms with Gasteiger partial charge in [-0.15, -0.1) is 0 Å². The van der Waals surface area contributed by atoms with Gasteiger partial charge in [0, 0.05) is 58.4 Å². The second-order valence-electron chi connectivity index (χ2n) is 12.1. The molecule has 5 fully saturated rings. The van der Waals surface area contributed by atoms with Crippen LogP contribution in [0.1, 0.15) is 32.1 Å². The molecule has 5 saturated heterocycles. The minimum Gasteiger partial charge on any atom is -0.392 e. The molecule has 0 aromatic rings. The highest BCUT2D eigenvalue weighted by Crippen LogP contribution is 2.31. The zero-order valence-electron chi connectivity index (χ0n) is 22.9. The smallest absolute Gasteiger partial charge is 0.246 e.